The molecule has 0 saturated heterocycles. The monoisotopic (exact) mass is 734 g/mol. The molecule has 0 radical (unpaired) electrons. The lowest BCUT2D eigenvalue weighted by Gasteiger charge is -2.18. The van der Waals surface area contributed by atoms with Crippen molar-refractivity contribution in [2.75, 3.05) is 13.2 Å². The molecule has 0 rings (SSSR count). The average Bonchev–Trinajstić information content (AvgIpc) is 3.10. The number of unbranched alkanes of at least 4 members (excludes halogenated alkanes) is 13. The number of allylic oxidation sites excluding steroid dienone is 12. The standard InChI is InChI=1S/C42H71O8P/c1-3-5-7-9-11-13-15-17-19-20-21-22-23-25-26-28-30-32-34-36-41(43)48-38-40(39-49-51(45,46)47)50-42(44)37-35-33-31-29-27-24-18-16-14-12-10-8-6-4-2/h5,7,11,13,17,19,21-22,25-26,30,32,40H,3-4,6,8-10,12,14-16,18,20,23-24,27-29,31,33-39H2,1-2H3,(H2,45,46,47)/b7-5+,13-11+,19-17+,22-21+,26-25+,32-30+/t40-/m1/s1. The molecule has 0 amide bonds. The summed E-state index contributed by atoms with van der Waals surface area (Å²) in [6, 6.07) is 0. The number of phosphoric acid groups is 1. The number of carbonyl (C=O) groups is 2. The van der Waals surface area contributed by atoms with Crippen molar-refractivity contribution in [3.63, 3.8) is 0 Å². The third kappa shape index (κ3) is 40.1. The smallest absolute Gasteiger partial charge is 0.462 e. The van der Waals surface area contributed by atoms with Gasteiger partial charge in [-0.3, -0.25) is 14.1 Å². The topological polar surface area (TPSA) is 119 Å². The van der Waals surface area contributed by atoms with Gasteiger partial charge in [0.05, 0.1) is 6.61 Å². The number of hydrogen-bond acceptors (Lipinski definition) is 6. The van der Waals surface area contributed by atoms with Crippen molar-refractivity contribution in [2.24, 2.45) is 0 Å². The van der Waals surface area contributed by atoms with Crippen molar-refractivity contribution in [3.8, 4) is 0 Å². The van der Waals surface area contributed by atoms with Crippen LogP contribution in [0.15, 0.2) is 72.9 Å². The number of phosphoric ester groups is 1. The molecule has 0 aliphatic heterocycles. The lowest BCUT2D eigenvalue weighted by Crippen LogP contribution is -2.29. The highest BCUT2D eigenvalue weighted by Crippen LogP contribution is 2.36. The maximum Gasteiger partial charge on any atom is 0.469 e. The summed E-state index contributed by atoms with van der Waals surface area (Å²) in [7, 11) is -4.77. The first-order valence-electron chi connectivity index (χ1n) is 19.7. The van der Waals surface area contributed by atoms with Crippen LogP contribution in [0.1, 0.15) is 162 Å². The largest absolute Gasteiger partial charge is 0.469 e. The van der Waals surface area contributed by atoms with Crippen LogP contribution in [0.25, 0.3) is 0 Å². The fourth-order valence-electron chi connectivity index (χ4n) is 5.10. The Balaban J connectivity index is 4.08. The first-order valence-corrected chi connectivity index (χ1v) is 21.3. The number of carbonyl (C=O) groups excluding carboxylic acids is 2. The van der Waals surface area contributed by atoms with E-state index in [0.717, 1.165) is 57.8 Å². The Morgan fingerprint density at radius 2 is 0.941 bits per heavy atom. The van der Waals surface area contributed by atoms with E-state index in [1.807, 2.05) is 12.2 Å². The fourth-order valence-corrected chi connectivity index (χ4v) is 5.46. The van der Waals surface area contributed by atoms with Gasteiger partial charge in [-0.05, 0) is 51.4 Å². The van der Waals surface area contributed by atoms with Crippen LogP contribution in [-0.4, -0.2) is 41.0 Å². The Morgan fingerprint density at radius 1 is 0.529 bits per heavy atom. The Morgan fingerprint density at radius 3 is 1.37 bits per heavy atom. The summed E-state index contributed by atoms with van der Waals surface area (Å²) in [5, 5.41) is 0. The van der Waals surface area contributed by atoms with Crippen molar-refractivity contribution in [2.45, 2.75) is 168 Å². The van der Waals surface area contributed by atoms with Crippen LogP contribution in [0.3, 0.4) is 0 Å². The zero-order valence-corrected chi connectivity index (χ0v) is 32.9. The lowest BCUT2D eigenvalue weighted by molar-refractivity contribution is -0.161. The zero-order valence-electron chi connectivity index (χ0n) is 32.0. The molecule has 0 aromatic heterocycles. The minimum Gasteiger partial charge on any atom is -0.462 e. The third-order valence-electron chi connectivity index (χ3n) is 8.00. The molecule has 51 heavy (non-hydrogen) atoms. The van der Waals surface area contributed by atoms with Crippen LogP contribution in [0.4, 0.5) is 0 Å². The summed E-state index contributed by atoms with van der Waals surface area (Å²) in [5.41, 5.74) is 0. The van der Waals surface area contributed by atoms with E-state index >= 15 is 0 Å². The van der Waals surface area contributed by atoms with Gasteiger partial charge in [0.25, 0.3) is 0 Å². The lowest BCUT2D eigenvalue weighted by atomic mass is 10.0. The summed E-state index contributed by atoms with van der Waals surface area (Å²) >= 11 is 0. The molecule has 0 bridgehead atoms. The van der Waals surface area contributed by atoms with Gasteiger partial charge in [-0.1, -0.05) is 170 Å². The van der Waals surface area contributed by atoms with E-state index in [1.54, 1.807) is 0 Å². The molecule has 292 valence electrons. The summed E-state index contributed by atoms with van der Waals surface area (Å²) in [4.78, 5) is 42.7. The molecule has 0 aromatic carbocycles. The van der Waals surface area contributed by atoms with E-state index in [-0.39, 0.29) is 19.4 Å². The maximum atomic E-state index is 12.4. The molecule has 0 unspecified atom stereocenters. The van der Waals surface area contributed by atoms with Crippen LogP contribution in [0.5, 0.6) is 0 Å². The second kappa shape index (κ2) is 37.3. The average molecular weight is 735 g/mol. The molecule has 0 fully saturated rings. The van der Waals surface area contributed by atoms with Crippen molar-refractivity contribution < 1.29 is 37.9 Å². The van der Waals surface area contributed by atoms with Crippen molar-refractivity contribution in [1.29, 1.82) is 0 Å². The first-order chi connectivity index (χ1) is 24.8. The highest BCUT2D eigenvalue weighted by molar-refractivity contribution is 7.46. The summed E-state index contributed by atoms with van der Waals surface area (Å²) in [6.07, 6.45) is 47.8. The normalized spacial score (nSPS) is 13.3. The second-order valence-electron chi connectivity index (χ2n) is 12.9. The SMILES string of the molecule is CC/C=C/C/C=C/C/C=C/C/C=C/C/C=C/C/C=C/CCC(=O)OC[C@H](COP(=O)(O)O)OC(=O)CCCCCCCCCCCCCCCC. The number of ether oxygens (including phenoxy) is 2. The van der Waals surface area contributed by atoms with Crippen LogP contribution < -0.4 is 0 Å². The minimum atomic E-state index is -4.77. The third-order valence-corrected chi connectivity index (χ3v) is 8.49. The number of rotatable bonds is 35. The fraction of sp³-hybridized carbons (Fsp3) is 0.667. The molecule has 0 saturated carbocycles. The molecule has 0 spiro atoms. The predicted molar refractivity (Wildman–Crippen MR) is 211 cm³/mol. The van der Waals surface area contributed by atoms with Crippen LogP contribution in [0.2, 0.25) is 0 Å². The van der Waals surface area contributed by atoms with Crippen LogP contribution in [-0.2, 0) is 28.2 Å². The van der Waals surface area contributed by atoms with Gasteiger partial charge in [0.1, 0.15) is 6.61 Å². The molecule has 0 heterocycles. The van der Waals surface area contributed by atoms with E-state index in [9.17, 15) is 14.2 Å². The van der Waals surface area contributed by atoms with Gasteiger partial charge in [0.15, 0.2) is 6.10 Å². The molecular formula is C42H71O8P. The Labute approximate surface area is 310 Å². The molecular weight excluding hydrogens is 663 g/mol. The summed E-state index contributed by atoms with van der Waals surface area (Å²) in [5.74, 6) is -0.985. The minimum absolute atomic E-state index is 0.140. The van der Waals surface area contributed by atoms with Gasteiger partial charge in [0.2, 0.25) is 0 Å². The molecule has 0 aliphatic rings. The second-order valence-corrected chi connectivity index (χ2v) is 14.1. The number of hydrogen-bond donors (Lipinski definition) is 2. The molecule has 0 aliphatic carbocycles. The summed E-state index contributed by atoms with van der Waals surface area (Å²) < 4.78 is 26.3. The first kappa shape index (κ1) is 48.5. The number of esters is 2. The molecule has 8 nitrogen and oxygen atoms in total. The van der Waals surface area contributed by atoms with Gasteiger partial charge in [-0.15, -0.1) is 0 Å². The molecule has 1 atom stereocenters. The van der Waals surface area contributed by atoms with Gasteiger partial charge in [0, 0.05) is 12.8 Å². The van der Waals surface area contributed by atoms with Gasteiger partial charge in [-0.2, -0.15) is 0 Å². The maximum absolute atomic E-state index is 12.4. The predicted octanol–water partition coefficient (Wildman–Crippen LogP) is 11.9. The van der Waals surface area contributed by atoms with Gasteiger partial charge in [-0.25, -0.2) is 4.57 Å². The Bertz CT molecular complexity index is 1050. The Kier molecular flexibility index (Phi) is 35.4. The van der Waals surface area contributed by atoms with Crippen molar-refractivity contribution in [1.82, 2.24) is 0 Å². The summed E-state index contributed by atoms with van der Waals surface area (Å²) in [6.45, 7) is 3.49. The van der Waals surface area contributed by atoms with E-state index < -0.39 is 32.5 Å². The van der Waals surface area contributed by atoms with E-state index in [1.165, 1.54) is 64.2 Å². The molecule has 0 aromatic rings. The molecule has 2 N–H and O–H groups in total. The van der Waals surface area contributed by atoms with Gasteiger partial charge < -0.3 is 19.3 Å². The van der Waals surface area contributed by atoms with E-state index in [2.05, 4.69) is 79.1 Å². The van der Waals surface area contributed by atoms with Crippen molar-refractivity contribution >= 4 is 19.8 Å². The van der Waals surface area contributed by atoms with Crippen LogP contribution in [0, 0.1) is 0 Å². The molecule has 9 heteroatoms. The zero-order chi connectivity index (χ0) is 37.5. The van der Waals surface area contributed by atoms with E-state index in [0.29, 0.717) is 12.8 Å². The Hall–Kier alpha value is -2.51. The highest BCUT2D eigenvalue weighted by Gasteiger charge is 2.22. The van der Waals surface area contributed by atoms with Gasteiger partial charge >= 0.3 is 19.8 Å². The highest BCUT2D eigenvalue weighted by atomic mass is 31.2. The van der Waals surface area contributed by atoms with Crippen LogP contribution >= 0.6 is 7.82 Å². The quantitative estimate of drug-likeness (QED) is 0.0286. The van der Waals surface area contributed by atoms with Crippen molar-refractivity contribution in [3.05, 3.63) is 72.9 Å². The van der Waals surface area contributed by atoms with E-state index in [4.69, 9.17) is 19.3 Å².